The lowest BCUT2D eigenvalue weighted by molar-refractivity contribution is 0.0883. The molecule has 0 radical (unpaired) electrons. The Balaban J connectivity index is 1.31. The number of piperidine rings is 1. The van der Waals surface area contributed by atoms with E-state index in [-0.39, 0.29) is 39.3 Å². The standard InChI is InChI=1S/C27H32ClN3O5S/c1-17(16-31-10-8-20(9-11-31)36-25-7-4-19(28)12-18(25)2)14-29-27(33)24-15-30-26(32)22-6-5-21(13-23(22)24)37(3,34)35/h4-7,12-13,15,17,20H,8-11,14,16H2,1-3H3,(H,29,33)(H,30,32)/t17-/m1/s1. The summed E-state index contributed by atoms with van der Waals surface area (Å²) in [7, 11) is -3.48. The molecule has 2 N–H and O–H groups in total. The van der Waals surface area contributed by atoms with Crippen LogP contribution in [-0.2, 0) is 9.84 Å². The van der Waals surface area contributed by atoms with Crippen LogP contribution in [0.5, 0.6) is 5.75 Å². The van der Waals surface area contributed by atoms with E-state index in [1.165, 1.54) is 24.4 Å². The van der Waals surface area contributed by atoms with E-state index in [0.29, 0.717) is 17.0 Å². The predicted octanol–water partition coefficient (Wildman–Crippen LogP) is 3.80. The van der Waals surface area contributed by atoms with Gasteiger partial charge in [-0.1, -0.05) is 18.5 Å². The molecule has 1 aliphatic rings. The molecule has 0 aliphatic carbocycles. The average Bonchev–Trinajstić information content (AvgIpc) is 2.85. The molecule has 37 heavy (non-hydrogen) atoms. The fraction of sp³-hybridized carbons (Fsp3) is 0.407. The highest BCUT2D eigenvalue weighted by Crippen LogP contribution is 2.26. The van der Waals surface area contributed by atoms with Crippen LogP contribution in [0.1, 0.15) is 35.7 Å². The van der Waals surface area contributed by atoms with Crippen molar-refractivity contribution in [2.45, 2.75) is 37.7 Å². The molecule has 1 aromatic heterocycles. The number of halogens is 1. The lowest BCUT2D eigenvalue weighted by Crippen LogP contribution is -2.42. The Labute approximate surface area is 221 Å². The summed E-state index contributed by atoms with van der Waals surface area (Å²) in [5.74, 6) is 0.710. The molecule has 0 saturated carbocycles. The molecular weight excluding hydrogens is 514 g/mol. The minimum atomic E-state index is -3.48. The first kappa shape index (κ1) is 27.2. The summed E-state index contributed by atoms with van der Waals surface area (Å²) in [5.41, 5.74) is 0.892. The second kappa shape index (κ2) is 11.2. The van der Waals surface area contributed by atoms with Gasteiger partial charge in [-0.05, 0) is 67.6 Å². The van der Waals surface area contributed by atoms with E-state index in [2.05, 4.69) is 22.1 Å². The number of sulfone groups is 1. The Morgan fingerprint density at radius 1 is 1.19 bits per heavy atom. The molecular formula is C27H32ClN3O5S. The number of nitrogens with one attached hydrogen (secondary N) is 2. The number of carbonyl (C=O) groups excluding carboxylic acids is 1. The first-order valence-electron chi connectivity index (χ1n) is 12.3. The number of carbonyl (C=O) groups is 1. The quantitative estimate of drug-likeness (QED) is 0.445. The van der Waals surface area contributed by atoms with Crippen molar-refractivity contribution in [3.63, 3.8) is 0 Å². The topological polar surface area (TPSA) is 109 Å². The summed E-state index contributed by atoms with van der Waals surface area (Å²) >= 11 is 6.04. The highest BCUT2D eigenvalue weighted by molar-refractivity contribution is 7.90. The van der Waals surface area contributed by atoms with Gasteiger partial charge < -0.3 is 19.9 Å². The van der Waals surface area contributed by atoms with Crippen LogP contribution in [0.2, 0.25) is 5.02 Å². The molecule has 2 aromatic carbocycles. The number of aromatic amines is 1. The molecule has 198 valence electrons. The van der Waals surface area contributed by atoms with Gasteiger partial charge in [-0.3, -0.25) is 9.59 Å². The third kappa shape index (κ3) is 6.71. The number of rotatable bonds is 8. The van der Waals surface area contributed by atoms with Gasteiger partial charge in [0.25, 0.3) is 11.5 Å². The number of aromatic nitrogens is 1. The molecule has 10 heteroatoms. The molecule has 1 fully saturated rings. The fourth-order valence-corrected chi connectivity index (χ4v) is 5.53. The number of pyridine rings is 1. The molecule has 1 aliphatic heterocycles. The zero-order valence-electron chi connectivity index (χ0n) is 21.2. The number of hydrogen-bond donors (Lipinski definition) is 2. The summed E-state index contributed by atoms with van der Waals surface area (Å²) in [5, 5.41) is 4.22. The second-order valence-electron chi connectivity index (χ2n) is 9.85. The maximum Gasteiger partial charge on any atom is 0.255 e. The number of aryl methyl sites for hydroxylation is 1. The first-order valence-corrected chi connectivity index (χ1v) is 14.6. The van der Waals surface area contributed by atoms with Crippen LogP contribution in [0.4, 0.5) is 0 Å². The average molecular weight is 546 g/mol. The molecule has 4 rings (SSSR count). The Kier molecular flexibility index (Phi) is 8.26. The van der Waals surface area contributed by atoms with Gasteiger partial charge in [0.05, 0.1) is 10.5 Å². The van der Waals surface area contributed by atoms with Gasteiger partial charge in [-0.2, -0.15) is 0 Å². The third-order valence-corrected chi connectivity index (χ3v) is 8.04. The number of fused-ring (bicyclic) bond motifs is 1. The summed E-state index contributed by atoms with van der Waals surface area (Å²) < 4.78 is 30.2. The van der Waals surface area contributed by atoms with Gasteiger partial charge in [-0.15, -0.1) is 0 Å². The minimum Gasteiger partial charge on any atom is -0.490 e. The molecule has 8 nitrogen and oxygen atoms in total. The van der Waals surface area contributed by atoms with Crippen LogP contribution < -0.4 is 15.6 Å². The molecule has 0 bridgehead atoms. The van der Waals surface area contributed by atoms with Crippen LogP contribution in [0.3, 0.4) is 0 Å². The van der Waals surface area contributed by atoms with Gasteiger partial charge in [0.2, 0.25) is 0 Å². The van der Waals surface area contributed by atoms with Crippen LogP contribution in [0, 0.1) is 12.8 Å². The van der Waals surface area contributed by atoms with Crippen LogP contribution in [0.15, 0.2) is 52.3 Å². The van der Waals surface area contributed by atoms with Crippen molar-refractivity contribution in [3.05, 3.63) is 69.1 Å². The highest BCUT2D eigenvalue weighted by Gasteiger charge is 2.23. The zero-order chi connectivity index (χ0) is 26.7. The van der Waals surface area contributed by atoms with Crippen LogP contribution in [0.25, 0.3) is 10.8 Å². The Hall–Kier alpha value is -2.88. The Morgan fingerprint density at radius 3 is 2.59 bits per heavy atom. The van der Waals surface area contributed by atoms with Crippen molar-refractivity contribution in [3.8, 4) is 5.75 Å². The molecule has 0 unspecified atom stereocenters. The lowest BCUT2D eigenvalue weighted by Gasteiger charge is -2.34. The van der Waals surface area contributed by atoms with Crippen LogP contribution >= 0.6 is 11.6 Å². The summed E-state index contributed by atoms with van der Waals surface area (Å²) in [6.07, 6.45) is 4.44. The number of amides is 1. The van der Waals surface area contributed by atoms with Crippen molar-refractivity contribution < 1.29 is 17.9 Å². The van der Waals surface area contributed by atoms with Crippen molar-refractivity contribution in [1.82, 2.24) is 15.2 Å². The van der Waals surface area contributed by atoms with Gasteiger partial charge in [0, 0.05) is 54.4 Å². The van der Waals surface area contributed by atoms with Crippen molar-refractivity contribution in [1.29, 1.82) is 0 Å². The van der Waals surface area contributed by atoms with Gasteiger partial charge in [0.15, 0.2) is 9.84 Å². The number of nitrogens with zero attached hydrogens (tertiary/aromatic N) is 1. The van der Waals surface area contributed by atoms with E-state index < -0.39 is 9.84 Å². The highest BCUT2D eigenvalue weighted by atomic mass is 35.5. The van der Waals surface area contributed by atoms with E-state index in [0.717, 1.165) is 50.0 Å². The predicted molar refractivity (Wildman–Crippen MR) is 145 cm³/mol. The van der Waals surface area contributed by atoms with Gasteiger partial charge in [-0.25, -0.2) is 8.42 Å². The van der Waals surface area contributed by atoms with Crippen molar-refractivity contribution in [2.24, 2.45) is 5.92 Å². The summed E-state index contributed by atoms with van der Waals surface area (Å²) in [4.78, 5) is 30.2. The maximum absolute atomic E-state index is 13.0. The molecule has 2 heterocycles. The summed E-state index contributed by atoms with van der Waals surface area (Å²) in [6, 6.07) is 9.86. The van der Waals surface area contributed by atoms with Gasteiger partial charge in [0.1, 0.15) is 11.9 Å². The molecule has 1 saturated heterocycles. The fourth-order valence-electron chi connectivity index (χ4n) is 4.66. The molecule has 0 spiro atoms. The Bertz CT molecular complexity index is 1460. The number of hydrogen-bond acceptors (Lipinski definition) is 6. The van der Waals surface area contributed by atoms with Crippen molar-refractivity contribution in [2.75, 3.05) is 32.4 Å². The molecule has 3 aromatic rings. The normalized spacial score (nSPS) is 16.0. The maximum atomic E-state index is 13.0. The lowest BCUT2D eigenvalue weighted by atomic mass is 10.0. The zero-order valence-corrected chi connectivity index (χ0v) is 22.8. The van der Waals surface area contributed by atoms with Crippen LogP contribution in [-0.4, -0.2) is 62.7 Å². The van der Waals surface area contributed by atoms with Gasteiger partial charge >= 0.3 is 0 Å². The third-order valence-electron chi connectivity index (χ3n) is 6.69. The van der Waals surface area contributed by atoms with E-state index in [1.807, 2.05) is 25.1 Å². The number of benzene rings is 2. The second-order valence-corrected chi connectivity index (χ2v) is 12.3. The number of H-pyrrole nitrogens is 1. The van der Waals surface area contributed by atoms with Crippen molar-refractivity contribution >= 4 is 38.1 Å². The first-order chi connectivity index (χ1) is 17.5. The minimum absolute atomic E-state index is 0.0617. The Morgan fingerprint density at radius 2 is 1.92 bits per heavy atom. The number of likely N-dealkylation sites (tertiary alicyclic amines) is 1. The molecule has 1 atom stereocenters. The van der Waals surface area contributed by atoms with E-state index >= 15 is 0 Å². The molecule has 1 amide bonds. The van der Waals surface area contributed by atoms with E-state index in [1.54, 1.807) is 0 Å². The smallest absolute Gasteiger partial charge is 0.255 e. The monoisotopic (exact) mass is 545 g/mol. The van der Waals surface area contributed by atoms with E-state index in [4.69, 9.17) is 16.3 Å². The SMILES string of the molecule is Cc1cc(Cl)ccc1OC1CCN(C[C@H](C)CNC(=O)c2c[nH]c(=O)c3ccc(S(C)(=O)=O)cc23)CC1. The largest absolute Gasteiger partial charge is 0.490 e. The number of ether oxygens (including phenoxy) is 1. The summed E-state index contributed by atoms with van der Waals surface area (Å²) in [6.45, 7) is 7.17. The van der Waals surface area contributed by atoms with E-state index in [9.17, 15) is 18.0 Å².